The number of ether oxygens (including phenoxy) is 2. The van der Waals surface area contributed by atoms with E-state index in [4.69, 9.17) is 9.47 Å². The molecule has 0 amide bonds. The van der Waals surface area contributed by atoms with Crippen molar-refractivity contribution in [2.24, 2.45) is 0 Å². The van der Waals surface area contributed by atoms with E-state index in [2.05, 4.69) is 34.6 Å². The largest absolute Gasteiger partial charge is 0.485 e. The van der Waals surface area contributed by atoms with Gasteiger partial charge in [-0.15, -0.1) is 11.3 Å². The molecule has 1 aliphatic rings. The molecule has 16 heavy (non-hydrogen) atoms. The maximum Gasteiger partial charge on any atom is 0.176 e. The summed E-state index contributed by atoms with van der Waals surface area (Å²) in [5.41, 5.74) is 0.128. The standard InChI is InChI=1S/C13H20O2S/c1-8(2)11-9-10(15-7-6-14-9)12(16-11)13(3,4)5/h8H,6-7H2,1-5H3. The van der Waals surface area contributed by atoms with Crippen LogP contribution in [0.15, 0.2) is 0 Å². The molecule has 0 aromatic carbocycles. The van der Waals surface area contributed by atoms with E-state index in [1.165, 1.54) is 9.75 Å². The Labute approximate surface area is 102 Å². The second kappa shape index (κ2) is 3.95. The van der Waals surface area contributed by atoms with Gasteiger partial charge in [-0.05, 0) is 5.92 Å². The van der Waals surface area contributed by atoms with Gasteiger partial charge in [0, 0.05) is 5.41 Å². The fourth-order valence-electron chi connectivity index (χ4n) is 1.85. The highest BCUT2D eigenvalue weighted by atomic mass is 32.1. The average Bonchev–Trinajstić information content (AvgIpc) is 2.56. The number of rotatable bonds is 1. The zero-order valence-electron chi connectivity index (χ0n) is 10.7. The van der Waals surface area contributed by atoms with Crippen LogP contribution in [0.25, 0.3) is 0 Å². The summed E-state index contributed by atoms with van der Waals surface area (Å²) in [6.07, 6.45) is 0. The molecule has 0 radical (unpaired) electrons. The zero-order valence-corrected chi connectivity index (χ0v) is 11.5. The third kappa shape index (κ3) is 1.93. The Morgan fingerprint density at radius 2 is 1.62 bits per heavy atom. The fourth-order valence-corrected chi connectivity index (χ4v) is 3.10. The molecule has 0 unspecified atom stereocenters. The Balaban J connectivity index is 2.55. The van der Waals surface area contributed by atoms with Gasteiger partial charge in [0.2, 0.25) is 0 Å². The third-order valence-electron chi connectivity index (χ3n) is 2.63. The highest BCUT2D eigenvalue weighted by Crippen LogP contribution is 2.51. The van der Waals surface area contributed by atoms with Gasteiger partial charge in [-0.2, -0.15) is 0 Å². The molecule has 2 rings (SSSR count). The van der Waals surface area contributed by atoms with E-state index in [0.717, 1.165) is 11.5 Å². The second-order valence-electron chi connectivity index (χ2n) is 5.56. The number of hydrogen-bond donors (Lipinski definition) is 0. The molecule has 2 heterocycles. The summed E-state index contributed by atoms with van der Waals surface area (Å²) in [5.74, 6) is 2.49. The molecular weight excluding hydrogens is 220 g/mol. The Kier molecular flexibility index (Phi) is 2.91. The van der Waals surface area contributed by atoms with Crippen molar-refractivity contribution in [1.82, 2.24) is 0 Å². The number of fused-ring (bicyclic) bond motifs is 1. The molecule has 0 atom stereocenters. The van der Waals surface area contributed by atoms with Gasteiger partial charge in [0.05, 0.1) is 9.75 Å². The number of hydrogen-bond acceptors (Lipinski definition) is 3. The van der Waals surface area contributed by atoms with E-state index in [-0.39, 0.29) is 5.41 Å². The topological polar surface area (TPSA) is 18.5 Å². The van der Waals surface area contributed by atoms with Gasteiger partial charge in [-0.1, -0.05) is 34.6 Å². The molecule has 1 aromatic heterocycles. The minimum atomic E-state index is 0.128. The molecule has 90 valence electrons. The van der Waals surface area contributed by atoms with Crippen LogP contribution in [0.2, 0.25) is 0 Å². The highest BCUT2D eigenvalue weighted by molar-refractivity contribution is 7.13. The second-order valence-corrected chi connectivity index (χ2v) is 6.61. The summed E-state index contributed by atoms with van der Waals surface area (Å²) in [7, 11) is 0. The normalized spacial score (nSPS) is 15.6. The summed E-state index contributed by atoms with van der Waals surface area (Å²) in [4.78, 5) is 2.63. The van der Waals surface area contributed by atoms with Crippen molar-refractivity contribution in [1.29, 1.82) is 0 Å². The van der Waals surface area contributed by atoms with Crippen LogP contribution >= 0.6 is 11.3 Å². The lowest BCUT2D eigenvalue weighted by Crippen LogP contribution is -2.18. The third-order valence-corrected chi connectivity index (χ3v) is 4.51. The van der Waals surface area contributed by atoms with Crippen molar-refractivity contribution < 1.29 is 9.47 Å². The first-order valence-corrected chi connectivity index (χ1v) is 6.65. The van der Waals surface area contributed by atoms with E-state index in [9.17, 15) is 0 Å². The first-order chi connectivity index (χ1) is 7.41. The SMILES string of the molecule is CC(C)c1sc(C(C)(C)C)c2c1OCCO2. The van der Waals surface area contributed by atoms with Gasteiger partial charge in [-0.3, -0.25) is 0 Å². The Hall–Kier alpha value is -0.700. The number of thiophene rings is 1. The molecule has 2 nitrogen and oxygen atoms in total. The van der Waals surface area contributed by atoms with Crippen LogP contribution in [0.4, 0.5) is 0 Å². The lowest BCUT2D eigenvalue weighted by Gasteiger charge is -2.22. The first-order valence-electron chi connectivity index (χ1n) is 5.84. The van der Waals surface area contributed by atoms with E-state index in [0.29, 0.717) is 19.1 Å². The molecule has 1 aliphatic heterocycles. The summed E-state index contributed by atoms with van der Waals surface area (Å²) < 4.78 is 11.6. The Bertz CT molecular complexity index is 385. The van der Waals surface area contributed by atoms with Crippen molar-refractivity contribution in [3.05, 3.63) is 9.75 Å². The van der Waals surface area contributed by atoms with Crippen LogP contribution in [0.3, 0.4) is 0 Å². The molecule has 0 fully saturated rings. The molecule has 1 aromatic rings. The molecule has 0 saturated carbocycles. The van der Waals surface area contributed by atoms with Crippen LogP contribution in [-0.4, -0.2) is 13.2 Å². The lowest BCUT2D eigenvalue weighted by molar-refractivity contribution is 0.169. The van der Waals surface area contributed by atoms with Crippen molar-refractivity contribution in [3.8, 4) is 11.5 Å². The average molecular weight is 240 g/mol. The van der Waals surface area contributed by atoms with Gasteiger partial charge in [0.1, 0.15) is 13.2 Å². The zero-order chi connectivity index (χ0) is 11.9. The predicted octanol–water partition coefficient (Wildman–Crippen LogP) is 3.94. The van der Waals surface area contributed by atoms with Gasteiger partial charge in [0.25, 0.3) is 0 Å². The monoisotopic (exact) mass is 240 g/mol. The maximum atomic E-state index is 5.80. The van der Waals surface area contributed by atoms with Crippen LogP contribution in [0.1, 0.15) is 50.3 Å². The maximum absolute atomic E-state index is 5.80. The van der Waals surface area contributed by atoms with E-state index in [1.54, 1.807) is 0 Å². The van der Waals surface area contributed by atoms with Gasteiger partial charge in [-0.25, -0.2) is 0 Å². The van der Waals surface area contributed by atoms with Crippen LogP contribution < -0.4 is 9.47 Å². The molecule has 0 saturated heterocycles. The van der Waals surface area contributed by atoms with Gasteiger partial charge >= 0.3 is 0 Å². The molecule has 3 heteroatoms. The van der Waals surface area contributed by atoms with Crippen molar-refractivity contribution in [2.75, 3.05) is 13.2 Å². The lowest BCUT2D eigenvalue weighted by atomic mass is 9.93. The molecule has 0 N–H and O–H groups in total. The van der Waals surface area contributed by atoms with Gasteiger partial charge in [0.15, 0.2) is 11.5 Å². The first kappa shape index (κ1) is 11.8. The highest BCUT2D eigenvalue weighted by Gasteiger charge is 2.31. The fraction of sp³-hybridized carbons (Fsp3) is 0.692. The van der Waals surface area contributed by atoms with Crippen molar-refractivity contribution in [2.45, 2.75) is 46.0 Å². The quantitative estimate of drug-likeness (QED) is 0.740. The van der Waals surface area contributed by atoms with Crippen LogP contribution in [0.5, 0.6) is 11.5 Å². The Morgan fingerprint density at radius 3 is 2.12 bits per heavy atom. The molecular formula is C13H20O2S. The van der Waals surface area contributed by atoms with Crippen LogP contribution in [0, 0.1) is 0 Å². The van der Waals surface area contributed by atoms with E-state index >= 15 is 0 Å². The molecule has 0 spiro atoms. The summed E-state index contributed by atoms with van der Waals surface area (Å²) in [6, 6.07) is 0. The van der Waals surface area contributed by atoms with Crippen LogP contribution in [-0.2, 0) is 5.41 Å². The van der Waals surface area contributed by atoms with E-state index < -0.39 is 0 Å². The van der Waals surface area contributed by atoms with Gasteiger partial charge < -0.3 is 9.47 Å². The minimum Gasteiger partial charge on any atom is -0.485 e. The molecule has 0 aliphatic carbocycles. The van der Waals surface area contributed by atoms with Crippen molar-refractivity contribution in [3.63, 3.8) is 0 Å². The minimum absolute atomic E-state index is 0.128. The smallest absolute Gasteiger partial charge is 0.176 e. The molecule has 0 bridgehead atoms. The predicted molar refractivity (Wildman–Crippen MR) is 68.1 cm³/mol. The summed E-state index contributed by atoms with van der Waals surface area (Å²) >= 11 is 1.84. The van der Waals surface area contributed by atoms with E-state index in [1.807, 2.05) is 11.3 Å². The van der Waals surface area contributed by atoms with Crippen molar-refractivity contribution >= 4 is 11.3 Å². The summed E-state index contributed by atoms with van der Waals surface area (Å²) in [5, 5.41) is 0. The summed E-state index contributed by atoms with van der Waals surface area (Å²) in [6.45, 7) is 12.4. The Morgan fingerprint density at radius 1 is 1.06 bits per heavy atom.